The molecule has 0 aliphatic carbocycles. The highest BCUT2D eigenvalue weighted by Crippen LogP contribution is 2.21. The lowest BCUT2D eigenvalue weighted by Crippen LogP contribution is -2.19. The third kappa shape index (κ3) is 1.59. The van der Waals surface area contributed by atoms with Crippen molar-refractivity contribution in [3.8, 4) is 0 Å². The highest BCUT2D eigenvalue weighted by Gasteiger charge is 2.10. The molecule has 0 radical (unpaired) electrons. The minimum Gasteiger partial charge on any atom is -0.355 e. The molecule has 0 fully saturated rings. The van der Waals surface area contributed by atoms with Gasteiger partial charge in [0.1, 0.15) is 0 Å². The quantitative estimate of drug-likeness (QED) is 0.751. The summed E-state index contributed by atoms with van der Waals surface area (Å²) in [7, 11) is 1.66. The Kier molecular flexibility index (Phi) is 2.42. The van der Waals surface area contributed by atoms with Crippen molar-refractivity contribution in [2.24, 2.45) is 0 Å². The first-order valence-corrected chi connectivity index (χ1v) is 4.94. The Morgan fingerprint density at radius 1 is 1.13 bits per heavy atom. The smallest absolute Gasteiger partial charge is 0.251 e. The average molecular weight is 199 g/mol. The molecule has 1 amide bonds. The maximum absolute atomic E-state index is 11.7. The van der Waals surface area contributed by atoms with E-state index < -0.39 is 0 Å². The molecular formula is C13H13NO. The number of rotatable bonds is 1. The fourth-order valence-corrected chi connectivity index (χ4v) is 1.81. The Morgan fingerprint density at radius 3 is 2.60 bits per heavy atom. The van der Waals surface area contributed by atoms with Crippen molar-refractivity contribution in [1.82, 2.24) is 5.32 Å². The summed E-state index contributed by atoms with van der Waals surface area (Å²) >= 11 is 0. The molecule has 0 aromatic heterocycles. The van der Waals surface area contributed by atoms with Gasteiger partial charge in [0.05, 0.1) is 5.56 Å². The van der Waals surface area contributed by atoms with Gasteiger partial charge in [0.2, 0.25) is 0 Å². The van der Waals surface area contributed by atoms with Gasteiger partial charge in [-0.25, -0.2) is 0 Å². The summed E-state index contributed by atoms with van der Waals surface area (Å²) in [5.74, 6) is -0.0238. The molecule has 0 saturated heterocycles. The van der Waals surface area contributed by atoms with E-state index >= 15 is 0 Å². The van der Waals surface area contributed by atoms with Crippen LogP contribution in [0.4, 0.5) is 0 Å². The van der Waals surface area contributed by atoms with E-state index in [2.05, 4.69) is 5.32 Å². The van der Waals surface area contributed by atoms with Gasteiger partial charge in [0.25, 0.3) is 5.91 Å². The van der Waals surface area contributed by atoms with Gasteiger partial charge in [0, 0.05) is 7.05 Å². The summed E-state index contributed by atoms with van der Waals surface area (Å²) in [5.41, 5.74) is 1.78. The molecule has 0 heterocycles. The fraction of sp³-hybridized carbons (Fsp3) is 0.154. The van der Waals surface area contributed by atoms with Crippen LogP contribution in [0.2, 0.25) is 0 Å². The number of hydrogen-bond acceptors (Lipinski definition) is 1. The lowest BCUT2D eigenvalue weighted by Gasteiger charge is -2.08. The molecule has 0 atom stereocenters. The SMILES string of the molecule is CNC(=O)c1c(C)ccc2ccccc12. The molecule has 2 nitrogen and oxygen atoms in total. The normalized spacial score (nSPS) is 10.3. The van der Waals surface area contributed by atoms with E-state index in [4.69, 9.17) is 0 Å². The molecule has 2 aromatic carbocycles. The summed E-state index contributed by atoms with van der Waals surface area (Å²) in [4.78, 5) is 11.7. The molecule has 76 valence electrons. The largest absolute Gasteiger partial charge is 0.355 e. The van der Waals surface area contributed by atoms with Crippen LogP contribution in [0.3, 0.4) is 0 Å². The van der Waals surface area contributed by atoms with Gasteiger partial charge < -0.3 is 5.32 Å². The molecule has 0 unspecified atom stereocenters. The summed E-state index contributed by atoms with van der Waals surface area (Å²) in [5, 5.41) is 4.79. The maximum atomic E-state index is 11.7. The van der Waals surface area contributed by atoms with Gasteiger partial charge in [-0.3, -0.25) is 4.79 Å². The van der Waals surface area contributed by atoms with Gasteiger partial charge in [0.15, 0.2) is 0 Å². The Morgan fingerprint density at radius 2 is 1.87 bits per heavy atom. The Balaban J connectivity index is 2.79. The fourth-order valence-electron chi connectivity index (χ4n) is 1.81. The van der Waals surface area contributed by atoms with Crippen molar-refractivity contribution in [3.63, 3.8) is 0 Å². The van der Waals surface area contributed by atoms with E-state index in [1.165, 1.54) is 0 Å². The molecule has 15 heavy (non-hydrogen) atoms. The minimum atomic E-state index is -0.0238. The van der Waals surface area contributed by atoms with Crippen molar-refractivity contribution in [1.29, 1.82) is 0 Å². The van der Waals surface area contributed by atoms with Crippen LogP contribution >= 0.6 is 0 Å². The van der Waals surface area contributed by atoms with E-state index in [1.54, 1.807) is 7.05 Å². The van der Waals surface area contributed by atoms with Crippen LogP contribution in [-0.2, 0) is 0 Å². The first-order valence-electron chi connectivity index (χ1n) is 4.94. The topological polar surface area (TPSA) is 29.1 Å². The Bertz CT molecular complexity index is 517. The Hall–Kier alpha value is -1.83. The van der Waals surface area contributed by atoms with Crippen molar-refractivity contribution < 1.29 is 4.79 Å². The molecule has 2 aromatic rings. The molecule has 0 aliphatic heterocycles. The number of fused-ring (bicyclic) bond motifs is 1. The minimum absolute atomic E-state index is 0.0238. The molecule has 1 N–H and O–H groups in total. The van der Waals surface area contributed by atoms with E-state index in [-0.39, 0.29) is 5.91 Å². The van der Waals surface area contributed by atoms with E-state index in [0.29, 0.717) is 0 Å². The molecule has 2 rings (SSSR count). The van der Waals surface area contributed by atoms with Crippen LogP contribution in [0.25, 0.3) is 10.8 Å². The number of carbonyl (C=O) groups is 1. The number of benzene rings is 2. The number of hydrogen-bond donors (Lipinski definition) is 1. The molecule has 0 spiro atoms. The maximum Gasteiger partial charge on any atom is 0.251 e. The third-order valence-corrected chi connectivity index (χ3v) is 2.59. The zero-order chi connectivity index (χ0) is 10.8. The van der Waals surface area contributed by atoms with Gasteiger partial charge in [-0.05, 0) is 23.3 Å². The van der Waals surface area contributed by atoms with Crippen LogP contribution in [0.5, 0.6) is 0 Å². The van der Waals surface area contributed by atoms with Gasteiger partial charge in [-0.15, -0.1) is 0 Å². The van der Waals surface area contributed by atoms with Crippen LogP contribution in [0.1, 0.15) is 15.9 Å². The van der Waals surface area contributed by atoms with Gasteiger partial charge in [-0.1, -0.05) is 36.4 Å². The van der Waals surface area contributed by atoms with Gasteiger partial charge >= 0.3 is 0 Å². The molecule has 0 aliphatic rings. The number of amides is 1. The lowest BCUT2D eigenvalue weighted by molar-refractivity contribution is 0.0964. The Labute approximate surface area is 88.9 Å². The van der Waals surface area contributed by atoms with Crippen molar-refractivity contribution >= 4 is 16.7 Å². The van der Waals surface area contributed by atoms with Crippen LogP contribution in [0.15, 0.2) is 36.4 Å². The first kappa shape index (κ1) is 9.71. The number of carbonyl (C=O) groups excluding carboxylic acids is 1. The van der Waals surface area contributed by atoms with E-state index in [1.807, 2.05) is 43.3 Å². The second kappa shape index (κ2) is 3.73. The second-order valence-corrected chi connectivity index (χ2v) is 3.56. The third-order valence-electron chi connectivity index (χ3n) is 2.59. The van der Waals surface area contributed by atoms with Crippen molar-refractivity contribution in [2.75, 3.05) is 7.05 Å². The highest BCUT2D eigenvalue weighted by atomic mass is 16.1. The highest BCUT2D eigenvalue weighted by molar-refractivity contribution is 6.08. The predicted octanol–water partition coefficient (Wildman–Crippen LogP) is 2.51. The summed E-state index contributed by atoms with van der Waals surface area (Å²) < 4.78 is 0. The molecular weight excluding hydrogens is 186 g/mol. The van der Waals surface area contributed by atoms with Crippen LogP contribution < -0.4 is 5.32 Å². The van der Waals surface area contributed by atoms with E-state index in [0.717, 1.165) is 21.9 Å². The zero-order valence-corrected chi connectivity index (χ0v) is 8.87. The van der Waals surface area contributed by atoms with Crippen LogP contribution in [-0.4, -0.2) is 13.0 Å². The van der Waals surface area contributed by atoms with Crippen molar-refractivity contribution in [3.05, 3.63) is 47.5 Å². The van der Waals surface area contributed by atoms with Crippen LogP contribution in [0, 0.1) is 6.92 Å². The van der Waals surface area contributed by atoms with Gasteiger partial charge in [-0.2, -0.15) is 0 Å². The molecule has 2 heteroatoms. The standard InChI is InChI=1S/C13H13NO/c1-9-7-8-10-5-3-4-6-11(10)12(9)13(15)14-2/h3-8H,1-2H3,(H,14,15). The summed E-state index contributed by atoms with van der Waals surface area (Å²) in [6.45, 7) is 1.96. The number of nitrogens with one attached hydrogen (secondary N) is 1. The zero-order valence-electron chi connectivity index (χ0n) is 8.87. The second-order valence-electron chi connectivity index (χ2n) is 3.56. The molecule has 0 bridgehead atoms. The molecule has 0 saturated carbocycles. The average Bonchev–Trinajstić information content (AvgIpc) is 2.28. The first-order chi connectivity index (χ1) is 7.24. The van der Waals surface area contributed by atoms with E-state index in [9.17, 15) is 4.79 Å². The summed E-state index contributed by atoms with van der Waals surface area (Å²) in [6, 6.07) is 11.9. The number of aryl methyl sites for hydroxylation is 1. The van der Waals surface area contributed by atoms with Crippen molar-refractivity contribution in [2.45, 2.75) is 6.92 Å². The monoisotopic (exact) mass is 199 g/mol. The summed E-state index contributed by atoms with van der Waals surface area (Å²) in [6.07, 6.45) is 0. The predicted molar refractivity (Wildman–Crippen MR) is 62.1 cm³/mol. The lowest BCUT2D eigenvalue weighted by atomic mass is 9.99.